The molecule has 0 amide bonds. The average molecular weight is 337 g/mol. The van der Waals surface area contributed by atoms with Gasteiger partial charge in [-0.15, -0.1) is 0 Å². The number of imidazole rings is 1. The van der Waals surface area contributed by atoms with Crippen molar-refractivity contribution in [2.24, 2.45) is 0 Å². The number of aryl methyl sites for hydroxylation is 1. The maximum absolute atomic E-state index is 5.70. The second kappa shape index (κ2) is 5.93. The highest BCUT2D eigenvalue weighted by Crippen LogP contribution is 2.33. The van der Waals surface area contributed by atoms with E-state index in [-0.39, 0.29) is 0 Å². The van der Waals surface area contributed by atoms with Crippen LogP contribution in [-0.4, -0.2) is 39.1 Å². The molecule has 4 heterocycles. The molecule has 0 radical (unpaired) electrons. The van der Waals surface area contributed by atoms with Crippen molar-refractivity contribution in [2.45, 2.75) is 19.5 Å². The highest BCUT2D eigenvalue weighted by atomic mass is 16.6. The van der Waals surface area contributed by atoms with Gasteiger partial charge in [-0.25, -0.2) is 4.98 Å². The molecule has 2 aliphatic heterocycles. The smallest absolute Gasteiger partial charge is 0.165 e. The molecule has 2 aromatic heterocycles. The Kier molecular flexibility index (Phi) is 3.45. The topological polar surface area (TPSA) is 66.1 Å². The minimum atomic E-state index is 0.577. The molecule has 0 atom stereocenters. The number of ether oxygens (including phenoxy) is 2. The molecule has 128 valence electrons. The van der Waals surface area contributed by atoms with Crippen molar-refractivity contribution in [1.29, 1.82) is 0 Å². The molecule has 7 nitrogen and oxygen atoms in total. The SMILES string of the molecule is c1cn(-c2ccc3c(c2)OCCO3)c(-c2cc3n(n2)CCCNC3)n1. The molecule has 1 aromatic carbocycles. The summed E-state index contributed by atoms with van der Waals surface area (Å²) in [5.41, 5.74) is 3.07. The van der Waals surface area contributed by atoms with E-state index in [0.29, 0.717) is 13.2 Å². The largest absolute Gasteiger partial charge is 0.486 e. The summed E-state index contributed by atoms with van der Waals surface area (Å²) in [7, 11) is 0. The minimum Gasteiger partial charge on any atom is -0.486 e. The third-order valence-corrected chi connectivity index (χ3v) is 4.57. The lowest BCUT2D eigenvalue weighted by atomic mass is 10.2. The van der Waals surface area contributed by atoms with Crippen molar-refractivity contribution < 1.29 is 9.47 Å². The third-order valence-electron chi connectivity index (χ3n) is 4.57. The summed E-state index contributed by atoms with van der Waals surface area (Å²) >= 11 is 0. The van der Waals surface area contributed by atoms with E-state index in [4.69, 9.17) is 14.6 Å². The molecule has 0 fully saturated rings. The molecule has 0 unspecified atom stereocenters. The molecule has 7 heteroatoms. The van der Waals surface area contributed by atoms with Crippen LogP contribution in [0.2, 0.25) is 0 Å². The van der Waals surface area contributed by atoms with Gasteiger partial charge in [0, 0.05) is 31.5 Å². The fraction of sp³-hybridized carbons (Fsp3) is 0.333. The Balaban J connectivity index is 1.54. The van der Waals surface area contributed by atoms with Crippen LogP contribution in [-0.2, 0) is 13.1 Å². The van der Waals surface area contributed by atoms with Gasteiger partial charge in [-0.2, -0.15) is 5.10 Å². The van der Waals surface area contributed by atoms with Crippen molar-refractivity contribution >= 4 is 0 Å². The number of benzene rings is 1. The first kappa shape index (κ1) is 14.5. The number of nitrogens with zero attached hydrogens (tertiary/aromatic N) is 4. The Hall–Kier alpha value is -2.80. The van der Waals surface area contributed by atoms with Gasteiger partial charge in [0.15, 0.2) is 17.3 Å². The summed E-state index contributed by atoms with van der Waals surface area (Å²) in [4.78, 5) is 4.54. The molecule has 0 spiro atoms. The highest BCUT2D eigenvalue weighted by Gasteiger charge is 2.18. The monoisotopic (exact) mass is 337 g/mol. The Morgan fingerprint density at radius 2 is 2.00 bits per heavy atom. The molecule has 5 rings (SSSR count). The quantitative estimate of drug-likeness (QED) is 0.775. The van der Waals surface area contributed by atoms with Gasteiger partial charge in [0.25, 0.3) is 0 Å². The van der Waals surface area contributed by atoms with E-state index in [0.717, 1.165) is 54.8 Å². The Bertz CT molecular complexity index is 891. The summed E-state index contributed by atoms with van der Waals surface area (Å²) < 4.78 is 15.4. The molecular weight excluding hydrogens is 318 g/mol. The number of fused-ring (bicyclic) bond motifs is 2. The maximum Gasteiger partial charge on any atom is 0.165 e. The summed E-state index contributed by atoms with van der Waals surface area (Å²) in [5, 5.41) is 8.19. The van der Waals surface area contributed by atoms with Gasteiger partial charge in [-0.05, 0) is 31.2 Å². The molecule has 2 aliphatic rings. The van der Waals surface area contributed by atoms with Crippen molar-refractivity contribution in [1.82, 2.24) is 24.6 Å². The van der Waals surface area contributed by atoms with Crippen LogP contribution in [0, 0.1) is 0 Å². The van der Waals surface area contributed by atoms with Crippen LogP contribution in [0.25, 0.3) is 17.2 Å². The van der Waals surface area contributed by atoms with Gasteiger partial charge in [0.2, 0.25) is 0 Å². The molecule has 1 N–H and O–H groups in total. The number of nitrogens with one attached hydrogen (secondary N) is 1. The van der Waals surface area contributed by atoms with Crippen LogP contribution < -0.4 is 14.8 Å². The first-order valence-corrected chi connectivity index (χ1v) is 8.60. The predicted octanol–water partition coefficient (Wildman–Crippen LogP) is 2.00. The van der Waals surface area contributed by atoms with Crippen molar-refractivity contribution in [3.63, 3.8) is 0 Å². The lowest BCUT2D eigenvalue weighted by Gasteiger charge is -2.19. The van der Waals surface area contributed by atoms with E-state index in [1.807, 2.05) is 29.0 Å². The molecular formula is C18H19N5O2. The van der Waals surface area contributed by atoms with Crippen LogP contribution in [0.3, 0.4) is 0 Å². The van der Waals surface area contributed by atoms with Gasteiger partial charge in [0.05, 0.1) is 11.4 Å². The zero-order valence-corrected chi connectivity index (χ0v) is 13.8. The standard InChI is InChI=1S/C18H19N5O2/c1-4-19-12-14-10-15(21-23(14)6-1)18-20-5-7-22(18)13-2-3-16-17(11-13)25-9-8-24-16/h2-3,5,7,10-11,19H,1,4,6,8-9,12H2. The van der Waals surface area contributed by atoms with E-state index in [2.05, 4.69) is 21.0 Å². The summed E-state index contributed by atoms with van der Waals surface area (Å²) in [6.45, 7) is 3.99. The summed E-state index contributed by atoms with van der Waals surface area (Å²) in [5.74, 6) is 2.39. The lowest BCUT2D eigenvalue weighted by Crippen LogP contribution is -2.15. The van der Waals surface area contributed by atoms with Crippen molar-refractivity contribution in [3.8, 4) is 28.7 Å². The molecule has 0 aliphatic carbocycles. The van der Waals surface area contributed by atoms with E-state index >= 15 is 0 Å². The second-order valence-corrected chi connectivity index (χ2v) is 6.22. The number of rotatable bonds is 2. The van der Waals surface area contributed by atoms with E-state index < -0.39 is 0 Å². The minimum absolute atomic E-state index is 0.577. The lowest BCUT2D eigenvalue weighted by molar-refractivity contribution is 0.171. The zero-order valence-electron chi connectivity index (χ0n) is 13.8. The molecule has 0 bridgehead atoms. The Morgan fingerprint density at radius 1 is 1.08 bits per heavy atom. The van der Waals surface area contributed by atoms with Gasteiger partial charge in [0.1, 0.15) is 18.9 Å². The second-order valence-electron chi connectivity index (χ2n) is 6.22. The van der Waals surface area contributed by atoms with Crippen LogP contribution in [0.4, 0.5) is 0 Å². The summed E-state index contributed by atoms with van der Waals surface area (Å²) in [6.07, 6.45) is 4.84. The van der Waals surface area contributed by atoms with Crippen molar-refractivity contribution in [2.75, 3.05) is 19.8 Å². The highest BCUT2D eigenvalue weighted by molar-refractivity contribution is 5.57. The normalized spacial score (nSPS) is 16.3. The van der Waals surface area contributed by atoms with Gasteiger partial charge in [-0.3, -0.25) is 9.25 Å². The Labute approximate surface area is 145 Å². The number of hydrogen-bond acceptors (Lipinski definition) is 5. The molecule has 0 saturated heterocycles. The van der Waals surface area contributed by atoms with E-state index in [1.54, 1.807) is 6.20 Å². The maximum atomic E-state index is 5.70. The van der Waals surface area contributed by atoms with Crippen LogP contribution in [0.1, 0.15) is 12.1 Å². The average Bonchev–Trinajstić information content (AvgIpc) is 3.23. The third kappa shape index (κ3) is 2.56. The predicted molar refractivity (Wildman–Crippen MR) is 92.1 cm³/mol. The van der Waals surface area contributed by atoms with Crippen LogP contribution in [0.5, 0.6) is 11.5 Å². The zero-order chi connectivity index (χ0) is 16.6. The first-order chi connectivity index (χ1) is 12.4. The Morgan fingerprint density at radius 3 is 2.96 bits per heavy atom. The fourth-order valence-corrected chi connectivity index (χ4v) is 3.35. The van der Waals surface area contributed by atoms with Crippen LogP contribution >= 0.6 is 0 Å². The molecule has 0 saturated carbocycles. The van der Waals surface area contributed by atoms with E-state index in [1.165, 1.54) is 5.69 Å². The van der Waals surface area contributed by atoms with Gasteiger partial charge in [-0.1, -0.05) is 0 Å². The number of hydrogen-bond donors (Lipinski definition) is 1. The van der Waals surface area contributed by atoms with Gasteiger partial charge < -0.3 is 14.8 Å². The van der Waals surface area contributed by atoms with E-state index in [9.17, 15) is 0 Å². The van der Waals surface area contributed by atoms with Gasteiger partial charge >= 0.3 is 0 Å². The van der Waals surface area contributed by atoms with Crippen LogP contribution in [0.15, 0.2) is 36.7 Å². The molecule has 25 heavy (non-hydrogen) atoms. The first-order valence-electron chi connectivity index (χ1n) is 8.60. The summed E-state index contributed by atoms with van der Waals surface area (Å²) in [6, 6.07) is 8.07. The molecule has 3 aromatic rings. The fourth-order valence-electron chi connectivity index (χ4n) is 3.35. The number of aromatic nitrogens is 4. The van der Waals surface area contributed by atoms with Crippen molar-refractivity contribution in [3.05, 3.63) is 42.4 Å².